The predicted octanol–water partition coefficient (Wildman–Crippen LogP) is 3.12. The molecule has 0 spiro atoms. The van der Waals surface area contributed by atoms with Gasteiger partial charge in [0.2, 0.25) is 5.91 Å². The zero-order chi connectivity index (χ0) is 17.5. The molecule has 0 saturated heterocycles. The summed E-state index contributed by atoms with van der Waals surface area (Å²) in [5.74, 6) is -0.220. The van der Waals surface area contributed by atoms with Gasteiger partial charge in [-0.15, -0.1) is 11.8 Å². The number of carboxylic acids is 1. The van der Waals surface area contributed by atoms with E-state index in [1.807, 2.05) is 38.1 Å². The van der Waals surface area contributed by atoms with E-state index in [1.54, 1.807) is 0 Å². The number of nitrogens with zero attached hydrogens (tertiary/aromatic N) is 1. The maximum absolute atomic E-state index is 12.0. The van der Waals surface area contributed by atoms with Crippen molar-refractivity contribution in [3.63, 3.8) is 0 Å². The Labute approximate surface area is 145 Å². The predicted molar refractivity (Wildman–Crippen MR) is 96.1 cm³/mol. The summed E-state index contributed by atoms with van der Waals surface area (Å²) < 4.78 is 0. The fraction of sp³-hybridized carbons (Fsp3) is 0.471. The number of para-hydroxylation sites is 2. The molecule has 0 bridgehead atoms. The molecule has 1 amide bonds. The molecule has 1 heterocycles. The molecule has 130 valence electrons. The number of hydrogen-bond donors (Lipinski definition) is 3. The molecule has 0 aliphatic heterocycles. The van der Waals surface area contributed by atoms with Crippen LogP contribution in [0.1, 0.15) is 44.2 Å². The van der Waals surface area contributed by atoms with Crippen LogP contribution in [0, 0.1) is 0 Å². The fourth-order valence-electron chi connectivity index (χ4n) is 2.35. The molecule has 0 fully saturated rings. The number of fused-ring (bicyclic) bond motifs is 1. The zero-order valence-corrected chi connectivity index (χ0v) is 14.7. The summed E-state index contributed by atoms with van der Waals surface area (Å²) in [5.41, 5.74) is 1.87. The molecule has 1 aromatic carbocycles. The lowest BCUT2D eigenvalue weighted by molar-refractivity contribution is -0.141. The van der Waals surface area contributed by atoms with Crippen molar-refractivity contribution in [3.05, 3.63) is 30.1 Å². The molecule has 0 radical (unpaired) electrons. The number of aromatic nitrogens is 2. The normalized spacial score (nSPS) is 13.6. The van der Waals surface area contributed by atoms with Crippen molar-refractivity contribution in [2.75, 3.05) is 5.75 Å². The van der Waals surface area contributed by atoms with E-state index in [1.165, 1.54) is 11.8 Å². The van der Waals surface area contributed by atoms with Gasteiger partial charge in [0.15, 0.2) is 0 Å². The summed E-state index contributed by atoms with van der Waals surface area (Å²) in [5, 5.41) is 11.8. The summed E-state index contributed by atoms with van der Waals surface area (Å²) in [4.78, 5) is 30.9. The number of rotatable bonds is 9. The van der Waals surface area contributed by atoms with Gasteiger partial charge in [-0.3, -0.25) is 4.79 Å². The molecule has 0 saturated carbocycles. The largest absolute Gasteiger partial charge is 0.480 e. The number of aromatic amines is 1. The number of amides is 1. The minimum absolute atomic E-state index is 0.0158. The van der Waals surface area contributed by atoms with Gasteiger partial charge in [0.25, 0.3) is 0 Å². The maximum Gasteiger partial charge on any atom is 0.326 e. The number of carbonyl (C=O) groups excluding carboxylic acids is 1. The van der Waals surface area contributed by atoms with Crippen molar-refractivity contribution in [3.8, 4) is 0 Å². The van der Waals surface area contributed by atoms with Crippen molar-refractivity contribution in [2.24, 2.45) is 0 Å². The number of H-pyrrole nitrogens is 1. The van der Waals surface area contributed by atoms with Crippen LogP contribution in [-0.2, 0) is 9.59 Å². The fourth-order valence-corrected chi connectivity index (χ4v) is 3.10. The smallest absolute Gasteiger partial charge is 0.326 e. The van der Waals surface area contributed by atoms with Crippen LogP contribution < -0.4 is 5.32 Å². The van der Waals surface area contributed by atoms with Crippen LogP contribution in [0.5, 0.6) is 0 Å². The number of aliphatic carboxylic acids is 1. The summed E-state index contributed by atoms with van der Waals surface area (Å²) >= 11 is 1.43. The van der Waals surface area contributed by atoms with E-state index in [0.717, 1.165) is 29.7 Å². The SMILES string of the molecule is CCCCC(NC(=O)CSC(C)c1nc2ccccc2[nH]1)C(=O)O. The first kappa shape index (κ1) is 18.3. The Balaban J connectivity index is 1.87. The van der Waals surface area contributed by atoms with Gasteiger partial charge in [-0.1, -0.05) is 31.9 Å². The number of imidazole rings is 1. The molecular formula is C17H23N3O3S. The van der Waals surface area contributed by atoms with Crippen molar-refractivity contribution < 1.29 is 14.7 Å². The number of carbonyl (C=O) groups is 2. The van der Waals surface area contributed by atoms with Gasteiger partial charge in [-0.25, -0.2) is 9.78 Å². The summed E-state index contributed by atoms with van der Waals surface area (Å²) in [7, 11) is 0. The standard InChI is InChI=1S/C17H23N3O3S/c1-3-4-7-14(17(22)23)18-15(21)10-24-11(2)16-19-12-8-5-6-9-13(12)20-16/h5-6,8-9,11,14H,3-4,7,10H2,1-2H3,(H,18,21)(H,19,20)(H,22,23). The molecule has 1 aromatic heterocycles. The van der Waals surface area contributed by atoms with Gasteiger partial charge in [-0.2, -0.15) is 0 Å². The molecule has 2 atom stereocenters. The topological polar surface area (TPSA) is 95.1 Å². The van der Waals surface area contributed by atoms with Gasteiger partial charge >= 0.3 is 5.97 Å². The third-order valence-corrected chi connectivity index (χ3v) is 4.89. The first-order valence-electron chi connectivity index (χ1n) is 8.09. The molecule has 2 aromatic rings. The number of unbranched alkanes of at least 4 members (excludes halogenated alkanes) is 1. The van der Waals surface area contributed by atoms with Crippen molar-refractivity contribution >= 4 is 34.7 Å². The monoisotopic (exact) mass is 349 g/mol. The van der Waals surface area contributed by atoms with Crippen LogP contribution in [-0.4, -0.2) is 38.7 Å². The van der Waals surface area contributed by atoms with Gasteiger partial charge in [0, 0.05) is 0 Å². The Morgan fingerprint density at radius 2 is 2.12 bits per heavy atom. The van der Waals surface area contributed by atoms with E-state index >= 15 is 0 Å². The average Bonchev–Trinajstić information content (AvgIpc) is 3.00. The van der Waals surface area contributed by atoms with Crippen LogP contribution in [0.15, 0.2) is 24.3 Å². The lowest BCUT2D eigenvalue weighted by Gasteiger charge is -2.14. The van der Waals surface area contributed by atoms with Crippen molar-refractivity contribution in [1.29, 1.82) is 0 Å². The highest BCUT2D eigenvalue weighted by Crippen LogP contribution is 2.27. The number of carboxylic acid groups (broad SMARTS) is 1. The molecule has 3 N–H and O–H groups in total. The molecule has 6 nitrogen and oxygen atoms in total. The Kier molecular flexibility index (Phi) is 6.66. The maximum atomic E-state index is 12.0. The first-order valence-corrected chi connectivity index (χ1v) is 9.14. The van der Waals surface area contributed by atoms with E-state index in [0.29, 0.717) is 6.42 Å². The van der Waals surface area contributed by atoms with Crippen LogP contribution in [0.3, 0.4) is 0 Å². The van der Waals surface area contributed by atoms with Crippen molar-refractivity contribution in [1.82, 2.24) is 15.3 Å². The molecule has 7 heteroatoms. The Morgan fingerprint density at radius 3 is 2.79 bits per heavy atom. The lowest BCUT2D eigenvalue weighted by Crippen LogP contribution is -2.41. The quantitative estimate of drug-likeness (QED) is 0.646. The van der Waals surface area contributed by atoms with Crippen LogP contribution in [0.25, 0.3) is 11.0 Å². The van der Waals surface area contributed by atoms with Crippen LogP contribution in [0.4, 0.5) is 0 Å². The van der Waals surface area contributed by atoms with Gasteiger partial charge in [0.1, 0.15) is 11.9 Å². The number of thioether (sulfide) groups is 1. The second kappa shape index (κ2) is 8.73. The van der Waals surface area contributed by atoms with E-state index in [2.05, 4.69) is 15.3 Å². The van der Waals surface area contributed by atoms with Gasteiger partial charge in [0.05, 0.1) is 22.0 Å². The molecular weight excluding hydrogens is 326 g/mol. The van der Waals surface area contributed by atoms with E-state index in [4.69, 9.17) is 5.11 Å². The third-order valence-electron chi connectivity index (χ3n) is 3.74. The molecule has 2 unspecified atom stereocenters. The van der Waals surface area contributed by atoms with Crippen LogP contribution in [0.2, 0.25) is 0 Å². The number of hydrogen-bond acceptors (Lipinski definition) is 4. The average molecular weight is 349 g/mol. The summed E-state index contributed by atoms with van der Waals surface area (Å²) in [6, 6.07) is 6.96. The van der Waals surface area contributed by atoms with E-state index in [-0.39, 0.29) is 16.9 Å². The zero-order valence-electron chi connectivity index (χ0n) is 13.9. The first-order chi connectivity index (χ1) is 11.5. The van der Waals surface area contributed by atoms with Gasteiger partial charge in [-0.05, 0) is 25.5 Å². The molecule has 0 aliphatic rings. The molecule has 0 aliphatic carbocycles. The molecule has 2 rings (SSSR count). The van der Waals surface area contributed by atoms with Crippen LogP contribution >= 0.6 is 11.8 Å². The summed E-state index contributed by atoms with van der Waals surface area (Å²) in [6.45, 7) is 3.97. The Bertz CT molecular complexity index is 668. The van der Waals surface area contributed by atoms with Gasteiger partial charge < -0.3 is 15.4 Å². The number of nitrogens with one attached hydrogen (secondary N) is 2. The number of benzene rings is 1. The lowest BCUT2D eigenvalue weighted by atomic mass is 10.1. The van der Waals surface area contributed by atoms with E-state index in [9.17, 15) is 9.59 Å². The van der Waals surface area contributed by atoms with Crippen molar-refractivity contribution in [2.45, 2.75) is 44.4 Å². The Morgan fingerprint density at radius 1 is 1.38 bits per heavy atom. The van der Waals surface area contributed by atoms with E-state index < -0.39 is 12.0 Å². The highest BCUT2D eigenvalue weighted by atomic mass is 32.2. The summed E-state index contributed by atoms with van der Waals surface area (Å²) in [6.07, 6.45) is 2.14. The second-order valence-electron chi connectivity index (χ2n) is 5.69. The Hall–Kier alpha value is -2.02. The highest BCUT2D eigenvalue weighted by molar-refractivity contribution is 8.00. The second-order valence-corrected chi connectivity index (χ2v) is 7.02. The molecule has 24 heavy (non-hydrogen) atoms. The third kappa shape index (κ3) is 4.99. The minimum atomic E-state index is -0.980. The minimum Gasteiger partial charge on any atom is -0.480 e. The highest BCUT2D eigenvalue weighted by Gasteiger charge is 2.20.